The van der Waals surface area contributed by atoms with Crippen molar-refractivity contribution < 1.29 is 13.2 Å². The molecule has 1 saturated carbocycles. The molecule has 0 aliphatic heterocycles. The minimum absolute atomic E-state index is 0.152. The lowest BCUT2D eigenvalue weighted by atomic mass is 9.95. The average Bonchev–Trinajstić information content (AvgIpc) is 3.20. The van der Waals surface area contributed by atoms with E-state index in [0.29, 0.717) is 18.3 Å². The quantitative estimate of drug-likeness (QED) is 0.399. The van der Waals surface area contributed by atoms with Gasteiger partial charge in [-0.2, -0.15) is 13.2 Å². The van der Waals surface area contributed by atoms with Gasteiger partial charge in [-0.05, 0) is 49.6 Å². The Labute approximate surface area is 189 Å². The highest BCUT2D eigenvalue weighted by Crippen LogP contribution is 2.38. The minimum Gasteiger partial charge on any atom is -0.378 e. The first kappa shape index (κ1) is 22.6. The summed E-state index contributed by atoms with van der Waals surface area (Å²) >= 11 is 1.64. The predicted octanol–water partition coefficient (Wildman–Crippen LogP) is 6.66. The second kappa shape index (κ2) is 9.94. The molecule has 0 spiro atoms. The van der Waals surface area contributed by atoms with Gasteiger partial charge >= 0.3 is 6.18 Å². The van der Waals surface area contributed by atoms with Gasteiger partial charge in [0.2, 0.25) is 0 Å². The van der Waals surface area contributed by atoms with E-state index in [0.717, 1.165) is 54.4 Å². The molecule has 0 bridgehead atoms. The van der Waals surface area contributed by atoms with Crippen LogP contribution in [0.5, 0.6) is 0 Å². The molecule has 0 saturated heterocycles. The van der Waals surface area contributed by atoms with E-state index in [9.17, 15) is 13.2 Å². The Bertz CT molecular complexity index is 1020. The Kier molecular flexibility index (Phi) is 7.03. The molecule has 9 heteroatoms. The average molecular weight is 462 g/mol. The van der Waals surface area contributed by atoms with Crippen LogP contribution in [0.25, 0.3) is 0 Å². The molecule has 4 rings (SSSR count). The van der Waals surface area contributed by atoms with Gasteiger partial charge in [-0.25, -0.2) is 0 Å². The fourth-order valence-corrected chi connectivity index (χ4v) is 5.09. The van der Waals surface area contributed by atoms with Crippen LogP contribution in [0.2, 0.25) is 0 Å². The number of alkyl halides is 3. The van der Waals surface area contributed by atoms with Crippen molar-refractivity contribution in [3.63, 3.8) is 0 Å². The van der Waals surface area contributed by atoms with Crippen LogP contribution in [0, 0.1) is 0 Å². The fourth-order valence-electron chi connectivity index (χ4n) is 4.04. The van der Waals surface area contributed by atoms with Crippen LogP contribution in [0.1, 0.15) is 67.3 Å². The van der Waals surface area contributed by atoms with Crippen molar-refractivity contribution in [2.75, 3.05) is 5.32 Å². The van der Waals surface area contributed by atoms with E-state index in [1.807, 2.05) is 18.3 Å². The van der Waals surface area contributed by atoms with Crippen molar-refractivity contribution in [3.05, 3.63) is 65.7 Å². The zero-order valence-electron chi connectivity index (χ0n) is 17.8. The van der Waals surface area contributed by atoms with Crippen molar-refractivity contribution >= 4 is 17.4 Å². The van der Waals surface area contributed by atoms with Crippen LogP contribution in [-0.4, -0.2) is 19.7 Å². The lowest BCUT2D eigenvalue weighted by molar-refractivity contribution is -0.137. The third-order valence-corrected chi connectivity index (χ3v) is 6.87. The van der Waals surface area contributed by atoms with E-state index in [-0.39, 0.29) is 5.25 Å². The summed E-state index contributed by atoms with van der Waals surface area (Å²) in [6, 6.07) is 9.52. The van der Waals surface area contributed by atoms with Crippen molar-refractivity contribution in [1.29, 1.82) is 0 Å². The second-order valence-electron chi connectivity index (χ2n) is 8.04. The Morgan fingerprint density at radius 2 is 1.94 bits per heavy atom. The largest absolute Gasteiger partial charge is 0.416 e. The maximum Gasteiger partial charge on any atom is 0.416 e. The molecular weight excluding hydrogens is 435 g/mol. The van der Waals surface area contributed by atoms with Gasteiger partial charge in [-0.15, -0.1) is 10.2 Å². The second-order valence-corrected chi connectivity index (χ2v) is 9.35. The van der Waals surface area contributed by atoms with E-state index in [1.54, 1.807) is 24.0 Å². The number of pyridine rings is 1. The molecule has 3 aromatic rings. The topological polar surface area (TPSA) is 55.6 Å². The van der Waals surface area contributed by atoms with Crippen LogP contribution >= 0.6 is 11.8 Å². The molecule has 32 heavy (non-hydrogen) atoms. The lowest BCUT2D eigenvalue weighted by Crippen LogP contribution is -2.18. The summed E-state index contributed by atoms with van der Waals surface area (Å²) in [5, 5.41) is 13.0. The number of hydrogen-bond acceptors (Lipinski definition) is 5. The van der Waals surface area contributed by atoms with Gasteiger partial charge in [0.25, 0.3) is 0 Å². The van der Waals surface area contributed by atoms with Crippen LogP contribution in [0.15, 0.2) is 53.9 Å². The molecule has 0 amide bonds. The summed E-state index contributed by atoms with van der Waals surface area (Å²) in [6.45, 7) is 2.43. The van der Waals surface area contributed by atoms with Crippen molar-refractivity contribution in [1.82, 2.24) is 19.7 Å². The number of halogens is 3. The third-order valence-electron chi connectivity index (χ3n) is 5.75. The molecule has 0 radical (unpaired) electrons. The van der Waals surface area contributed by atoms with Crippen LogP contribution < -0.4 is 5.32 Å². The number of nitrogens with zero attached hydrogens (tertiary/aromatic N) is 4. The molecule has 170 valence electrons. The molecule has 1 aliphatic rings. The first-order valence-electron chi connectivity index (χ1n) is 10.8. The number of anilines is 1. The SMILES string of the molecule is CC(Sc1nnc(CNc2cccc(C(F)(F)F)c2)n1C1CCCCC1)c1cccnc1. The number of nitrogens with one attached hydrogen (secondary N) is 1. The van der Waals surface area contributed by atoms with E-state index >= 15 is 0 Å². The number of rotatable bonds is 7. The smallest absolute Gasteiger partial charge is 0.378 e. The number of benzene rings is 1. The number of thioether (sulfide) groups is 1. The van der Waals surface area contributed by atoms with Gasteiger partial charge in [-0.3, -0.25) is 4.98 Å². The van der Waals surface area contributed by atoms with Crippen LogP contribution in [0.4, 0.5) is 18.9 Å². The van der Waals surface area contributed by atoms with Crippen molar-refractivity contribution in [3.8, 4) is 0 Å². The monoisotopic (exact) mass is 461 g/mol. The van der Waals surface area contributed by atoms with Gasteiger partial charge in [0, 0.05) is 29.4 Å². The van der Waals surface area contributed by atoms with E-state index in [1.165, 1.54) is 12.5 Å². The molecule has 1 aromatic carbocycles. The summed E-state index contributed by atoms with van der Waals surface area (Å²) in [4.78, 5) is 4.21. The fraction of sp³-hybridized carbons (Fsp3) is 0.435. The predicted molar refractivity (Wildman–Crippen MR) is 119 cm³/mol. The summed E-state index contributed by atoms with van der Waals surface area (Å²) < 4.78 is 41.3. The first-order chi connectivity index (χ1) is 15.4. The van der Waals surface area contributed by atoms with Crippen LogP contribution in [-0.2, 0) is 12.7 Å². The lowest BCUT2D eigenvalue weighted by Gasteiger charge is -2.26. The standard InChI is InChI=1S/C23H26F3N5S/c1-16(17-7-6-12-27-14-17)32-22-30-29-21(31(22)20-10-3-2-4-11-20)15-28-19-9-5-8-18(13-19)23(24,25)26/h5-9,12-14,16,20,28H,2-4,10-11,15H2,1H3. The summed E-state index contributed by atoms with van der Waals surface area (Å²) in [7, 11) is 0. The highest BCUT2D eigenvalue weighted by atomic mass is 32.2. The molecule has 2 aromatic heterocycles. The Morgan fingerprint density at radius 3 is 2.66 bits per heavy atom. The highest BCUT2D eigenvalue weighted by molar-refractivity contribution is 7.99. The minimum atomic E-state index is -4.37. The zero-order valence-corrected chi connectivity index (χ0v) is 18.7. The number of aromatic nitrogens is 4. The van der Waals surface area contributed by atoms with Gasteiger partial charge in [0.05, 0.1) is 12.1 Å². The van der Waals surface area contributed by atoms with Crippen LogP contribution in [0.3, 0.4) is 0 Å². The molecule has 1 unspecified atom stereocenters. The van der Waals surface area contributed by atoms with E-state index < -0.39 is 11.7 Å². The Balaban J connectivity index is 1.55. The Morgan fingerprint density at radius 1 is 1.12 bits per heavy atom. The van der Waals surface area contributed by atoms with Crippen molar-refractivity contribution in [2.24, 2.45) is 0 Å². The van der Waals surface area contributed by atoms with Gasteiger partial charge < -0.3 is 9.88 Å². The van der Waals surface area contributed by atoms with E-state index in [2.05, 4.69) is 32.0 Å². The van der Waals surface area contributed by atoms with Crippen molar-refractivity contribution in [2.45, 2.75) is 68.2 Å². The van der Waals surface area contributed by atoms with Gasteiger partial charge in [-0.1, -0.05) is 43.2 Å². The Hall–Kier alpha value is -2.55. The van der Waals surface area contributed by atoms with Gasteiger partial charge in [0.15, 0.2) is 11.0 Å². The molecule has 5 nitrogen and oxygen atoms in total. The molecule has 1 N–H and O–H groups in total. The highest BCUT2D eigenvalue weighted by Gasteiger charge is 2.30. The maximum atomic E-state index is 13.0. The molecule has 2 heterocycles. The summed E-state index contributed by atoms with van der Waals surface area (Å²) in [5.74, 6) is 0.746. The summed E-state index contributed by atoms with van der Waals surface area (Å²) in [5.41, 5.74) is 0.855. The summed E-state index contributed by atoms with van der Waals surface area (Å²) in [6.07, 6.45) is 4.90. The third kappa shape index (κ3) is 5.43. The molecule has 1 aliphatic carbocycles. The molecule has 1 fully saturated rings. The van der Waals surface area contributed by atoms with Gasteiger partial charge in [0.1, 0.15) is 0 Å². The molecule has 1 atom stereocenters. The molecular formula is C23H26F3N5S. The number of hydrogen-bond donors (Lipinski definition) is 1. The maximum absolute atomic E-state index is 13.0. The zero-order chi connectivity index (χ0) is 22.6. The normalized spacial score (nSPS) is 16.1. The van der Waals surface area contributed by atoms with E-state index in [4.69, 9.17) is 0 Å². The first-order valence-corrected chi connectivity index (χ1v) is 11.7.